The molecule has 1 aliphatic heterocycles. The third kappa shape index (κ3) is 3.71. The first-order chi connectivity index (χ1) is 12.7. The first-order valence-corrected chi connectivity index (χ1v) is 10.2. The topological polar surface area (TPSA) is 84.9 Å². The van der Waals surface area contributed by atoms with Crippen molar-refractivity contribution in [2.75, 3.05) is 30.1 Å². The minimum Gasteiger partial charge on any atom is -0.497 e. The summed E-state index contributed by atoms with van der Waals surface area (Å²) in [6.45, 7) is 1.85. The minimum absolute atomic E-state index is 0.171. The fourth-order valence-corrected chi connectivity index (χ4v) is 4.61. The van der Waals surface area contributed by atoms with Gasteiger partial charge in [0, 0.05) is 17.7 Å². The predicted molar refractivity (Wildman–Crippen MR) is 104 cm³/mol. The SMILES string of the molecule is COc1ccc(NC(=O)c2ccc3c(c2)C[C@H](C)N3S(C)(=O)=O)c(OC)c1. The molecular formula is C19H22N2O5S. The highest BCUT2D eigenvalue weighted by Gasteiger charge is 2.32. The van der Waals surface area contributed by atoms with Crippen LogP contribution in [-0.2, 0) is 16.4 Å². The molecule has 0 saturated carbocycles. The molecule has 2 aromatic carbocycles. The second kappa shape index (κ2) is 7.11. The van der Waals surface area contributed by atoms with Crippen molar-refractivity contribution in [1.82, 2.24) is 0 Å². The lowest BCUT2D eigenvalue weighted by Gasteiger charge is -2.21. The van der Waals surface area contributed by atoms with Gasteiger partial charge in [0.1, 0.15) is 11.5 Å². The van der Waals surface area contributed by atoms with E-state index in [4.69, 9.17) is 9.47 Å². The number of carbonyl (C=O) groups excluding carboxylic acids is 1. The van der Waals surface area contributed by atoms with Gasteiger partial charge in [-0.25, -0.2) is 8.42 Å². The summed E-state index contributed by atoms with van der Waals surface area (Å²) in [6.07, 6.45) is 1.75. The van der Waals surface area contributed by atoms with Gasteiger partial charge in [-0.3, -0.25) is 9.10 Å². The van der Waals surface area contributed by atoms with Crippen LogP contribution in [0.25, 0.3) is 0 Å². The molecule has 1 heterocycles. The Morgan fingerprint density at radius 1 is 1.15 bits per heavy atom. The van der Waals surface area contributed by atoms with E-state index < -0.39 is 10.0 Å². The monoisotopic (exact) mass is 390 g/mol. The molecular weight excluding hydrogens is 368 g/mol. The molecule has 3 rings (SSSR count). The summed E-state index contributed by atoms with van der Waals surface area (Å²) in [7, 11) is -0.289. The zero-order valence-corrected chi connectivity index (χ0v) is 16.5. The molecule has 8 heteroatoms. The summed E-state index contributed by atoms with van der Waals surface area (Å²) < 4.78 is 35.9. The highest BCUT2D eigenvalue weighted by atomic mass is 32.2. The zero-order valence-electron chi connectivity index (χ0n) is 15.6. The van der Waals surface area contributed by atoms with E-state index in [0.717, 1.165) is 5.56 Å². The first-order valence-electron chi connectivity index (χ1n) is 8.40. The summed E-state index contributed by atoms with van der Waals surface area (Å²) in [5.74, 6) is 0.810. The number of fused-ring (bicyclic) bond motifs is 1. The van der Waals surface area contributed by atoms with Gasteiger partial charge in [0.05, 0.1) is 31.9 Å². The minimum atomic E-state index is -3.36. The van der Waals surface area contributed by atoms with E-state index in [2.05, 4.69) is 5.32 Å². The highest BCUT2D eigenvalue weighted by molar-refractivity contribution is 7.92. The van der Waals surface area contributed by atoms with Gasteiger partial charge >= 0.3 is 0 Å². The van der Waals surface area contributed by atoms with E-state index in [1.54, 1.807) is 43.5 Å². The summed E-state index contributed by atoms with van der Waals surface area (Å²) in [6, 6.07) is 9.99. The smallest absolute Gasteiger partial charge is 0.255 e. The number of nitrogens with zero attached hydrogens (tertiary/aromatic N) is 1. The molecule has 0 bridgehead atoms. The Labute approximate surface area is 158 Å². The first kappa shape index (κ1) is 19.0. The lowest BCUT2D eigenvalue weighted by atomic mass is 10.1. The van der Waals surface area contributed by atoms with Crippen molar-refractivity contribution < 1.29 is 22.7 Å². The number of methoxy groups -OCH3 is 2. The summed E-state index contributed by atoms with van der Waals surface area (Å²) in [5.41, 5.74) is 2.44. The molecule has 2 aromatic rings. The fourth-order valence-electron chi connectivity index (χ4n) is 3.35. The number of anilines is 2. The van der Waals surface area contributed by atoms with Crippen LogP contribution in [0, 0.1) is 0 Å². The zero-order chi connectivity index (χ0) is 19.8. The van der Waals surface area contributed by atoms with E-state index in [1.807, 2.05) is 6.92 Å². The van der Waals surface area contributed by atoms with Crippen molar-refractivity contribution in [1.29, 1.82) is 0 Å². The molecule has 27 heavy (non-hydrogen) atoms. The molecule has 1 atom stereocenters. The quantitative estimate of drug-likeness (QED) is 0.848. The van der Waals surface area contributed by atoms with Crippen molar-refractivity contribution >= 4 is 27.3 Å². The molecule has 0 aromatic heterocycles. The lowest BCUT2D eigenvalue weighted by molar-refractivity contribution is 0.102. The Hall–Kier alpha value is -2.74. The molecule has 0 unspecified atom stereocenters. The van der Waals surface area contributed by atoms with Gasteiger partial charge in [-0.05, 0) is 49.2 Å². The van der Waals surface area contributed by atoms with Gasteiger partial charge in [-0.15, -0.1) is 0 Å². The number of ether oxygens (including phenoxy) is 2. The maximum atomic E-state index is 12.7. The maximum absolute atomic E-state index is 12.7. The van der Waals surface area contributed by atoms with Crippen LogP contribution in [0.1, 0.15) is 22.8 Å². The van der Waals surface area contributed by atoms with Gasteiger partial charge < -0.3 is 14.8 Å². The van der Waals surface area contributed by atoms with Crippen molar-refractivity contribution in [3.8, 4) is 11.5 Å². The largest absolute Gasteiger partial charge is 0.497 e. The van der Waals surface area contributed by atoms with Crippen LogP contribution in [0.2, 0.25) is 0 Å². The molecule has 1 aliphatic rings. The second-order valence-corrected chi connectivity index (χ2v) is 8.34. The van der Waals surface area contributed by atoms with Crippen LogP contribution in [-0.4, -0.2) is 40.8 Å². The van der Waals surface area contributed by atoms with Crippen LogP contribution >= 0.6 is 0 Å². The molecule has 144 valence electrons. The molecule has 0 fully saturated rings. The van der Waals surface area contributed by atoms with Crippen LogP contribution in [0.3, 0.4) is 0 Å². The maximum Gasteiger partial charge on any atom is 0.255 e. The van der Waals surface area contributed by atoms with E-state index in [9.17, 15) is 13.2 Å². The van der Waals surface area contributed by atoms with E-state index in [1.165, 1.54) is 17.7 Å². The van der Waals surface area contributed by atoms with Crippen molar-refractivity contribution in [3.63, 3.8) is 0 Å². The normalized spacial score (nSPS) is 16.0. The molecule has 1 N–H and O–H groups in total. The molecule has 0 radical (unpaired) electrons. The highest BCUT2D eigenvalue weighted by Crippen LogP contribution is 2.35. The fraction of sp³-hybridized carbons (Fsp3) is 0.316. The van der Waals surface area contributed by atoms with Gasteiger partial charge in [0.2, 0.25) is 10.0 Å². The average Bonchev–Trinajstić information content (AvgIpc) is 2.96. The number of amides is 1. The third-order valence-corrected chi connectivity index (χ3v) is 5.78. The number of rotatable bonds is 5. The van der Waals surface area contributed by atoms with Crippen molar-refractivity contribution in [2.45, 2.75) is 19.4 Å². The van der Waals surface area contributed by atoms with Gasteiger partial charge in [-0.1, -0.05) is 0 Å². The second-order valence-electron chi connectivity index (χ2n) is 6.48. The van der Waals surface area contributed by atoms with E-state index in [0.29, 0.717) is 34.9 Å². The Morgan fingerprint density at radius 2 is 1.89 bits per heavy atom. The number of nitrogens with one attached hydrogen (secondary N) is 1. The predicted octanol–water partition coefficient (Wildman–Crippen LogP) is 2.67. The summed E-state index contributed by atoms with van der Waals surface area (Å²) in [4.78, 5) is 12.7. The molecule has 1 amide bonds. The van der Waals surface area contributed by atoms with Crippen LogP contribution in [0.4, 0.5) is 11.4 Å². The van der Waals surface area contributed by atoms with Gasteiger partial charge in [-0.2, -0.15) is 0 Å². The van der Waals surface area contributed by atoms with Crippen LogP contribution in [0.5, 0.6) is 11.5 Å². The Balaban J connectivity index is 1.87. The number of sulfonamides is 1. The number of carbonyl (C=O) groups is 1. The average molecular weight is 390 g/mol. The molecule has 7 nitrogen and oxygen atoms in total. The van der Waals surface area contributed by atoms with Crippen LogP contribution in [0.15, 0.2) is 36.4 Å². The third-order valence-electron chi connectivity index (χ3n) is 4.51. The Bertz CT molecular complexity index is 988. The summed E-state index contributed by atoms with van der Waals surface area (Å²) >= 11 is 0. The van der Waals surface area contributed by atoms with E-state index in [-0.39, 0.29) is 11.9 Å². The van der Waals surface area contributed by atoms with Crippen LogP contribution < -0.4 is 19.1 Å². The lowest BCUT2D eigenvalue weighted by Crippen LogP contribution is -2.34. The molecule has 0 spiro atoms. The number of hydrogen-bond acceptors (Lipinski definition) is 5. The summed E-state index contributed by atoms with van der Waals surface area (Å²) in [5, 5.41) is 2.82. The Kier molecular flexibility index (Phi) is 5.01. The molecule has 0 aliphatic carbocycles. The van der Waals surface area contributed by atoms with Gasteiger partial charge in [0.15, 0.2) is 0 Å². The Morgan fingerprint density at radius 3 is 2.52 bits per heavy atom. The van der Waals surface area contributed by atoms with Crippen molar-refractivity contribution in [3.05, 3.63) is 47.5 Å². The van der Waals surface area contributed by atoms with Gasteiger partial charge in [0.25, 0.3) is 5.91 Å². The van der Waals surface area contributed by atoms with Crippen molar-refractivity contribution in [2.24, 2.45) is 0 Å². The van der Waals surface area contributed by atoms with E-state index >= 15 is 0 Å². The number of benzene rings is 2. The number of hydrogen-bond donors (Lipinski definition) is 1. The standard InChI is InChI=1S/C19H22N2O5S/c1-12-9-14-10-13(5-8-17(14)21(12)27(4,23)24)19(22)20-16-7-6-15(25-2)11-18(16)26-3/h5-8,10-12H,9H2,1-4H3,(H,20,22)/t12-/m0/s1. The molecule has 0 saturated heterocycles.